The topological polar surface area (TPSA) is 17.1 Å². The van der Waals surface area contributed by atoms with Gasteiger partial charge in [-0.3, -0.25) is 4.79 Å². The fraction of sp³-hybridized carbons (Fsp3) is 0.500. The minimum absolute atomic E-state index is 0.243. The Labute approximate surface area is 103 Å². The molecule has 1 aromatic rings. The van der Waals surface area contributed by atoms with Crippen molar-refractivity contribution in [2.75, 3.05) is 5.75 Å². The highest BCUT2D eigenvalue weighted by Crippen LogP contribution is 2.25. The fourth-order valence-electron chi connectivity index (χ4n) is 1.42. The molecule has 0 atom stereocenters. The van der Waals surface area contributed by atoms with E-state index in [1.807, 2.05) is 31.2 Å². The Hall–Kier alpha value is -0.760. The van der Waals surface area contributed by atoms with Crippen molar-refractivity contribution < 1.29 is 4.79 Å². The van der Waals surface area contributed by atoms with Crippen molar-refractivity contribution in [1.82, 2.24) is 0 Å². The van der Waals surface area contributed by atoms with Gasteiger partial charge in [0.2, 0.25) is 0 Å². The third kappa shape index (κ3) is 4.01. The number of benzene rings is 1. The molecular weight excluding hydrogens is 216 g/mol. The molecule has 0 bridgehead atoms. The maximum absolute atomic E-state index is 11.7. The summed E-state index contributed by atoms with van der Waals surface area (Å²) in [5.74, 6) is 2.06. The van der Waals surface area contributed by atoms with Gasteiger partial charge in [0.25, 0.3) is 0 Å². The number of carbonyl (C=O) groups is 1. The summed E-state index contributed by atoms with van der Waals surface area (Å²) in [7, 11) is 0. The summed E-state index contributed by atoms with van der Waals surface area (Å²) >= 11 is 1.80. The van der Waals surface area contributed by atoms with E-state index in [1.54, 1.807) is 11.8 Å². The Morgan fingerprint density at radius 1 is 1.31 bits per heavy atom. The second-order valence-electron chi connectivity index (χ2n) is 4.30. The van der Waals surface area contributed by atoms with Crippen molar-refractivity contribution in [2.24, 2.45) is 5.92 Å². The summed E-state index contributed by atoms with van der Waals surface area (Å²) in [6.45, 7) is 6.37. The molecule has 0 N–H and O–H groups in total. The van der Waals surface area contributed by atoms with E-state index in [2.05, 4.69) is 13.8 Å². The number of carbonyl (C=O) groups excluding carboxylic acids is 1. The molecule has 0 radical (unpaired) electrons. The van der Waals surface area contributed by atoms with E-state index in [0.717, 1.165) is 22.1 Å². The molecule has 88 valence electrons. The second-order valence-corrected chi connectivity index (χ2v) is 5.44. The van der Waals surface area contributed by atoms with E-state index in [-0.39, 0.29) is 5.78 Å². The molecule has 0 fully saturated rings. The molecule has 1 aromatic carbocycles. The predicted molar refractivity (Wildman–Crippen MR) is 71.2 cm³/mol. The lowest BCUT2D eigenvalue weighted by molar-refractivity contribution is 0.0985. The minimum Gasteiger partial charge on any atom is -0.294 e. The number of rotatable bonds is 6. The van der Waals surface area contributed by atoms with Gasteiger partial charge < -0.3 is 0 Å². The summed E-state index contributed by atoms with van der Waals surface area (Å²) in [5, 5.41) is 0. The van der Waals surface area contributed by atoms with Gasteiger partial charge in [-0.2, -0.15) is 0 Å². The molecule has 1 rings (SSSR count). The molecule has 0 saturated heterocycles. The van der Waals surface area contributed by atoms with Gasteiger partial charge in [0.15, 0.2) is 5.78 Å². The third-order valence-electron chi connectivity index (χ3n) is 2.46. The molecule has 0 aromatic heterocycles. The van der Waals surface area contributed by atoms with Crippen LogP contribution in [0.4, 0.5) is 0 Å². The van der Waals surface area contributed by atoms with Gasteiger partial charge in [-0.1, -0.05) is 39.0 Å². The first kappa shape index (κ1) is 13.3. The average Bonchev–Trinajstić information content (AvgIpc) is 2.28. The van der Waals surface area contributed by atoms with Crippen molar-refractivity contribution in [1.29, 1.82) is 0 Å². The second kappa shape index (κ2) is 6.74. The highest BCUT2D eigenvalue weighted by atomic mass is 32.2. The van der Waals surface area contributed by atoms with Crippen LogP contribution >= 0.6 is 11.8 Å². The summed E-state index contributed by atoms with van der Waals surface area (Å²) in [6.07, 6.45) is 1.78. The lowest BCUT2D eigenvalue weighted by atomic mass is 10.1. The highest BCUT2D eigenvalue weighted by molar-refractivity contribution is 7.99. The van der Waals surface area contributed by atoms with Crippen LogP contribution in [0.5, 0.6) is 0 Å². The number of Topliss-reactive ketones (excluding diaryl/α,β-unsaturated/α-hetero) is 1. The molecule has 1 nitrogen and oxygen atoms in total. The molecule has 0 saturated carbocycles. The molecule has 0 aliphatic rings. The maximum atomic E-state index is 11.7. The van der Waals surface area contributed by atoms with Crippen LogP contribution < -0.4 is 0 Å². The number of thioether (sulfide) groups is 1. The zero-order valence-electron chi connectivity index (χ0n) is 10.3. The summed E-state index contributed by atoms with van der Waals surface area (Å²) in [4.78, 5) is 12.9. The van der Waals surface area contributed by atoms with Gasteiger partial charge in [0, 0.05) is 16.9 Å². The van der Waals surface area contributed by atoms with Crippen molar-refractivity contribution in [3.63, 3.8) is 0 Å². The molecular formula is C14H20OS. The first-order chi connectivity index (χ1) is 7.65. The zero-order chi connectivity index (χ0) is 12.0. The first-order valence-corrected chi connectivity index (χ1v) is 6.88. The van der Waals surface area contributed by atoms with Gasteiger partial charge >= 0.3 is 0 Å². The third-order valence-corrected chi connectivity index (χ3v) is 3.57. The van der Waals surface area contributed by atoms with Crippen LogP contribution in [0.2, 0.25) is 0 Å². The van der Waals surface area contributed by atoms with E-state index in [4.69, 9.17) is 0 Å². The predicted octanol–water partition coefficient (Wildman–Crippen LogP) is 4.42. The molecule has 0 aliphatic heterocycles. The Bertz CT molecular complexity index is 344. The van der Waals surface area contributed by atoms with Crippen molar-refractivity contribution in [3.05, 3.63) is 29.8 Å². The van der Waals surface area contributed by atoms with Crippen LogP contribution in [0.25, 0.3) is 0 Å². The van der Waals surface area contributed by atoms with Crippen LogP contribution in [-0.2, 0) is 0 Å². The molecule has 2 heteroatoms. The Balaban J connectivity index is 2.67. The van der Waals surface area contributed by atoms with Crippen LogP contribution in [0, 0.1) is 5.92 Å². The molecule has 0 spiro atoms. The summed E-state index contributed by atoms with van der Waals surface area (Å²) in [5.41, 5.74) is 0.888. The van der Waals surface area contributed by atoms with Gasteiger partial charge in [0.05, 0.1) is 0 Å². The highest BCUT2D eigenvalue weighted by Gasteiger charge is 2.08. The van der Waals surface area contributed by atoms with Gasteiger partial charge in [-0.05, 0) is 24.2 Å². The average molecular weight is 236 g/mol. The molecule has 0 amide bonds. The SMILES string of the molecule is CCC(=O)c1ccccc1SCCC(C)C. The monoisotopic (exact) mass is 236 g/mol. The minimum atomic E-state index is 0.243. The molecule has 0 unspecified atom stereocenters. The lowest BCUT2D eigenvalue weighted by Gasteiger charge is -2.08. The molecule has 16 heavy (non-hydrogen) atoms. The van der Waals surface area contributed by atoms with E-state index in [0.29, 0.717) is 6.42 Å². The number of hydrogen-bond acceptors (Lipinski definition) is 2. The molecule has 0 aliphatic carbocycles. The van der Waals surface area contributed by atoms with Gasteiger partial charge in [-0.15, -0.1) is 11.8 Å². The quantitative estimate of drug-likeness (QED) is 0.537. The van der Waals surface area contributed by atoms with Crippen molar-refractivity contribution in [2.45, 2.75) is 38.5 Å². The van der Waals surface area contributed by atoms with Crippen LogP contribution in [0.1, 0.15) is 44.0 Å². The molecule has 0 heterocycles. The lowest BCUT2D eigenvalue weighted by Crippen LogP contribution is -1.99. The Kier molecular flexibility index (Phi) is 5.61. The number of ketones is 1. The van der Waals surface area contributed by atoms with E-state index >= 15 is 0 Å². The Morgan fingerprint density at radius 3 is 2.62 bits per heavy atom. The Morgan fingerprint density at radius 2 is 2.00 bits per heavy atom. The van der Waals surface area contributed by atoms with E-state index < -0.39 is 0 Å². The summed E-state index contributed by atoms with van der Waals surface area (Å²) < 4.78 is 0. The van der Waals surface area contributed by atoms with Gasteiger partial charge in [0.1, 0.15) is 0 Å². The summed E-state index contributed by atoms with van der Waals surface area (Å²) in [6, 6.07) is 7.93. The van der Waals surface area contributed by atoms with Crippen LogP contribution in [0.3, 0.4) is 0 Å². The fourth-order valence-corrected chi connectivity index (χ4v) is 2.74. The standard InChI is InChI=1S/C14H20OS/c1-4-13(15)12-7-5-6-8-14(12)16-10-9-11(2)3/h5-8,11H,4,9-10H2,1-3H3. The number of hydrogen-bond donors (Lipinski definition) is 0. The maximum Gasteiger partial charge on any atom is 0.163 e. The van der Waals surface area contributed by atoms with Gasteiger partial charge in [-0.25, -0.2) is 0 Å². The van der Waals surface area contributed by atoms with Crippen LogP contribution in [-0.4, -0.2) is 11.5 Å². The normalized spacial score (nSPS) is 10.8. The first-order valence-electron chi connectivity index (χ1n) is 5.90. The van der Waals surface area contributed by atoms with Crippen molar-refractivity contribution in [3.8, 4) is 0 Å². The van der Waals surface area contributed by atoms with Crippen molar-refractivity contribution >= 4 is 17.5 Å². The van der Waals surface area contributed by atoms with E-state index in [9.17, 15) is 4.79 Å². The smallest absolute Gasteiger partial charge is 0.163 e. The van der Waals surface area contributed by atoms with E-state index in [1.165, 1.54) is 6.42 Å². The zero-order valence-corrected chi connectivity index (χ0v) is 11.1. The largest absolute Gasteiger partial charge is 0.294 e. The van der Waals surface area contributed by atoms with Crippen LogP contribution in [0.15, 0.2) is 29.2 Å².